The Bertz CT molecular complexity index is 882. The monoisotopic (exact) mass is 397 g/mol. The molecular formula is C23H27NO5. The molecule has 6 nitrogen and oxygen atoms in total. The molecule has 0 heterocycles. The van der Waals surface area contributed by atoms with Crippen molar-refractivity contribution < 1.29 is 23.8 Å². The van der Waals surface area contributed by atoms with Crippen LogP contribution in [0.2, 0.25) is 0 Å². The molecule has 0 aliphatic carbocycles. The van der Waals surface area contributed by atoms with E-state index in [2.05, 4.69) is 6.07 Å². The van der Waals surface area contributed by atoms with Crippen LogP contribution in [0, 0.1) is 13.8 Å². The SMILES string of the molecule is COc1cc(/C=C/C(=O)OCC(=O)N(C)Cc2ccc(C)cc2C)cc(OC)c1. The van der Waals surface area contributed by atoms with Crippen LogP contribution in [-0.4, -0.2) is 44.7 Å². The van der Waals surface area contributed by atoms with Gasteiger partial charge in [-0.3, -0.25) is 4.79 Å². The van der Waals surface area contributed by atoms with Gasteiger partial charge >= 0.3 is 5.97 Å². The molecular weight excluding hydrogens is 370 g/mol. The van der Waals surface area contributed by atoms with Gasteiger partial charge in [-0.1, -0.05) is 23.8 Å². The highest BCUT2D eigenvalue weighted by Crippen LogP contribution is 2.23. The molecule has 0 bridgehead atoms. The Hall–Kier alpha value is -3.28. The van der Waals surface area contributed by atoms with Crippen molar-refractivity contribution in [1.82, 2.24) is 4.90 Å². The Morgan fingerprint density at radius 3 is 2.24 bits per heavy atom. The molecule has 0 atom stereocenters. The molecule has 0 unspecified atom stereocenters. The highest BCUT2D eigenvalue weighted by atomic mass is 16.5. The van der Waals surface area contributed by atoms with Crippen LogP contribution in [0.3, 0.4) is 0 Å². The average Bonchev–Trinajstić information content (AvgIpc) is 2.71. The number of amides is 1. The van der Waals surface area contributed by atoms with Gasteiger partial charge in [-0.15, -0.1) is 0 Å². The fourth-order valence-electron chi connectivity index (χ4n) is 2.75. The fourth-order valence-corrected chi connectivity index (χ4v) is 2.75. The molecule has 29 heavy (non-hydrogen) atoms. The second-order valence-corrected chi connectivity index (χ2v) is 6.77. The zero-order valence-corrected chi connectivity index (χ0v) is 17.5. The zero-order valence-electron chi connectivity index (χ0n) is 17.5. The first-order valence-electron chi connectivity index (χ1n) is 9.20. The van der Waals surface area contributed by atoms with E-state index >= 15 is 0 Å². The fraction of sp³-hybridized carbons (Fsp3) is 0.304. The molecule has 0 spiro atoms. The first-order valence-corrected chi connectivity index (χ1v) is 9.20. The summed E-state index contributed by atoms with van der Waals surface area (Å²) in [6, 6.07) is 11.3. The molecule has 1 amide bonds. The number of benzene rings is 2. The van der Waals surface area contributed by atoms with Gasteiger partial charge in [-0.25, -0.2) is 4.79 Å². The molecule has 0 aliphatic rings. The number of hydrogen-bond donors (Lipinski definition) is 0. The summed E-state index contributed by atoms with van der Waals surface area (Å²) in [6.07, 6.45) is 2.85. The number of hydrogen-bond acceptors (Lipinski definition) is 5. The summed E-state index contributed by atoms with van der Waals surface area (Å²) in [5.41, 5.74) is 4.08. The van der Waals surface area contributed by atoms with Crippen molar-refractivity contribution in [2.24, 2.45) is 0 Å². The van der Waals surface area contributed by atoms with Crippen molar-refractivity contribution in [3.63, 3.8) is 0 Å². The van der Waals surface area contributed by atoms with Crippen molar-refractivity contribution in [3.05, 3.63) is 64.7 Å². The van der Waals surface area contributed by atoms with E-state index < -0.39 is 5.97 Å². The lowest BCUT2D eigenvalue weighted by molar-refractivity contribution is -0.147. The third-order valence-electron chi connectivity index (χ3n) is 4.45. The van der Waals surface area contributed by atoms with Crippen molar-refractivity contribution in [2.45, 2.75) is 20.4 Å². The summed E-state index contributed by atoms with van der Waals surface area (Å²) < 4.78 is 15.5. The Kier molecular flexibility index (Phi) is 7.83. The minimum atomic E-state index is -0.597. The third-order valence-corrected chi connectivity index (χ3v) is 4.45. The van der Waals surface area contributed by atoms with Gasteiger partial charge in [0.05, 0.1) is 14.2 Å². The summed E-state index contributed by atoms with van der Waals surface area (Å²) in [4.78, 5) is 25.8. The first-order chi connectivity index (χ1) is 13.8. The van der Waals surface area contributed by atoms with Crippen LogP contribution in [0.4, 0.5) is 0 Å². The minimum absolute atomic E-state index is 0.269. The number of likely N-dealkylation sites (N-methyl/N-ethyl adjacent to an activating group) is 1. The number of carbonyl (C=O) groups is 2. The van der Waals surface area contributed by atoms with Gasteiger partial charge in [-0.2, -0.15) is 0 Å². The van der Waals surface area contributed by atoms with E-state index in [4.69, 9.17) is 14.2 Å². The number of aryl methyl sites for hydroxylation is 2. The lowest BCUT2D eigenvalue weighted by Crippen LogP contribution is -2.30. The maximum Gasteiger partial charge on any atom is 0.331 e. The van der Waals surface area contributed by atoms with Gasteiger partial charge in [0.2, 0.25) is 0 Å². The van der Waals surface area contributed by atoms with Gasteiger partial charge in [0.25, 0.3) is 5.91 Å². The number of methoxy groups -OCH3 is 2. The van der Waals surface area contributed by atoms with Crippen molar-refractivity contribution >= 4 is 18.0 Å². The highest BCUT2D eigenvalue weighted by Gasteiger charge is 2.12. The van der Waals surface area contributed by atoms with Crippen LogP contribution in [0.5, 0.6) is 11.5 Å². The molecule has 0 saturated carbocycles. The second kappa shape index (κ2) is 10.3. The molecule has 2 aromatic rings. The lowest BCUT2D eigenvalue weighted by atomic mass is 10.1. The molecule has 0 fully saturated rings. The van der Waals surface area contributed by atoms with Crippen molar-refractivity contribution in [3.8, 4) is 11.5 Å². The van der Waals surface area contributed by atoms with Crippen molar-refractivity contribution in [2.75, 3.05) is 27.9 Å². The van der Waals surface area contributed by atoms with Gasteiger partial charge in [-0.05, 0) is 48.7 Å². The first kappa shape index (κ1) is 22.0. The van der Waals surface area contributed by atoms with Crippen LogP contribution < -0.4 is 9.47 Å². The molecule has 0 N–H and O–H groups in total. The predicted octanol–water partition coefficient (Wildman–Crippen LogP) is 3.54. The van der Waals surface area contributed by atoms with Gasteiger partial charge in [0.1, 0.15) is 11.5 Å². The number of esters is 1. The lowest BCUT2D eigenvalue weighted by Gasteiger charge is -2.18. The molecule has 0 saturated heterocycles. The zero-order chi connectivity index (χ0) is 21.4. The number of nitrogens with zero attached hydrogens (tertiary/aromatic N) is 1. The van der Waals surface area contributed by atoms with Crippen LogP contribution in [0.1, 0.15) is 22.3 Å². The Morgan fingerprint density at radius 1 is 1.00 bits per heavy atom. The molecule has 2 rings (SSSR count). The molecule has 0 aromatic heterocycles. The van der Waals surface area contributed by atoms with Gasteiger partial charge in [0, 0.05) is 25.7 Å². The van der Waals surface area contributed by atoms with E-state index in [0.29, 0.717) is 18.0 Å². The normalized spacial score (nSPS) is 10.7. The third kappa shape index (κ3) is 6.68. The summed E-state index contributed by atoms with van der Waals surface area (Å²) in [5.74, 6) is 0.357. The molecule has 0 aliphatic heterocycles. The second-order valence-electron chi connectivity index (χ2n) is 6.77. The smallest absolute Gasteiger partial charge is 0.331 e. The van der Waals surface area contributed by atoms with E-state index in [9.17, 15) is 9.59 Å². The standard InChI is InChI=1S/C23H27NO5/c1-16-6-8-19(17(2)10-16)14-24(3)22(25)15-29-23(26)9-7-18-11-20(27-4)13-21(12-18)28-5/h6-13H,14-15H2,1-5H3/b9-7+. The molecule has 154 valence electrons. The highest BCUT2D eigenvalue weighted by molar-refractivity contribution is 5.89. The number of rotatable bonds is 8. The topological polar surface area (TPSA) is 65.1 Å². The van der Waals surface area contributed by atoms with Crippen LogP contribution in [0.25, 0.3) is 6.08 Å². The Labute approximate surface area is 171 Å². The van der Waals surface area contributed by atoms with E-state index in [1.54, 1.807) is 50.4 Å². The average molecular weight is 397 g/mol. The number of carbonyl (C=O) groups excluding carboxylic acids is 2. The van der Waals surface area contributed by atoms with Crippen LogP contribution in [-0.2, 0) is 20.9 Å². The van der Waals surface area contributed by atoms with Crippen molar-refractivity contribution in [1.29, 1.82) is 0 Å². The van der Waals surface area contributed by atoms with E-state index in [-0.39, 0.29) is 12.5 Å². The van der Waals surface area contributed by atoms with Gasteiger partial charge in [0.15, 0.2) is 6.61 Å². The summed E-state index contributed by atoms with van der Waals surface area (Å²) in [6.45, 7) is 4.19. The number of ether oxygens (including phenoxy) is 3. The Balaban J connectivity index is 1.89. The predicted molar refractivity (Wildman–Crippen MR) is 112 cm³/mol. The van der Waals surface area contributed by atoms with Crippen LogP contribution in [0.15, 0.2) is 42.5 Å². The minimum Gasteiger partial charge on any atom is -0.497 e. The molecule has 6 heteroatoms. The largest absolute Gasteiger partial charge is 0.497 e. The summed E-state index contributed by atoms with van der Waals surface area (Å²) in [7, 11) is 4.79. The summed E-state index contributed by atoms with van der Waals surface area (Å²) in [5, 5.41) is 0. The maximum atomic E-state index is 12.3. The van der Waals surface area contributed by atoms with E-state index in [1.165, 1.54) is 11.6 Å². The van der Waals surface area contributed by atoms with Gasteiger partial charge < -0.3 is 19.1 Å². The van der Waals surface area contributed by atoms with E-state index in [1.807, 2.05) is 26.0 Å². The molecule has 0 radical (unpaired) electrons. The van der Waals surface area contributed by atoms with Crippen LogP contribution >= 0.6 is 0 Å². The quantitative estimate of drug-likeness (QED) is 0.504. The maximum absolute atomic E-state index is 12.3. The summed E-state index contributed by atoms with van der Waals surface area (Å²) >= 11 is 0. The molecule has 2 aromatic carbocycles. The van der Waals surface area contributed by atoms with E-state index in [0.717, 1.165) is 16.7 Å². The Morgan fingerprint density at radius 2 is 1.66 bits per heavy atom.